The molecule has 2 aliphatic rings. The number of ether oxygens (including phenoxy) is 2. The highest BCUT2D eigenvalue weighted by molar-refractivity contribution is 6.35. The summed E-state index contributed by atoms with van der Waals surface area (Å²) >= 11 is 13.5. The first-order valence-corrected chi connectivity index (χ1v) is 13.1. The summed E-state index contributed by atoms with van der Waals surface area (Å²) in [5.41, 5.74) is 2.92. The van der Waals surface area contributed by atoms with Gasteiger partial charge in [0.15, 0.2) is 34.6 Å². The molecule has 0 radical (unpaired) electrons. The van der Waals surface area contributed by atoms with Crippen molar-refractivity contribution in [2.75, 3.05) is 0 Å². The normalized spacial score (nSPS) is 12.2. The molecule has 7 rings (SSSR count). The zero-order valence-electron chi connectivity index (χ0n) is 20.5. The first-order chi connectivity index (χ1) is 19.5. The predicted molar refractivity (Wildman–Crippen MR) is 151 cm³/mol. The van der Waals surface area contributed by atoms with Crippen molar-refractivity contribution >= 4 is 46.1 Å². The zero-order chi connectivity index (χ0) is 27.4. The molecular formula is C32H16Cl2N2O4. The third-order valence-corrected chi connectivity index (χ3v) is 7.35. The summed E-state index contributed by atoms with van der Waals surface area (Å²) in [6, 6.07) is 28.0. The standard InChI is InChI=1S/C32H16Cl2N2O4/c33-25-27-31(39-23-13-11-19(15-21(23)35-27)29(37)17-7-3-1-4-8-17)26(34)28-32(25)40-24-14-12-20(16-22(24)36-28)30(38)18-9-5-2-6-10-18/h1-16H. The van der Waals surface area contributed by atoms with E-state index in [2.05, 4.69) is 9.98 Å². The molecule has 0 saturated heterocycles. The second-order valence-corrected chi connectivity index (χ2v) is 9.92. The van der Waals surface area contributed by atoms with Crippen molar-refractivity contribution in [2.45, 2.75) is 0 Å². The number of halogens is 2. The maximum Gasteiger partial charge on any atom is 0.193 e. The Morgan fingerprint density at radius 1 is 0.525 bits per heavy atom. The van der Waals surface area contributed by atoms with Crippen molar-refractivity contribution in [2.24, 2.45) is 9.98 Å². The fourth-order valence-electron chi connectivity index (χ4n) is 4.65. The Hall–Kier alpha value is -4.78. The fraction of sp³-hybridized carbons (Fsp3) is 0. The van der Waals surface area contributed by atoms with Crippen LogP contribution in [0.2, 0.25) is 10.0 Å². The maximum absolute atomic E-state index is 13.0. The van der Waals surface area contributed by atoms with E-state index in [0.717, 1.165) is 0 Å². The molecule has 0 fully saturated rings. The van der Waals surface area contributed by atoms with Crippen LogP contribution >= 0.6 is 23.2 Å². The van der Waals surface area contributed by atoms with Crippen molar-refractivity contribution < 1.29 is 19.1 Å². The van der Waals surface area contributed by atoms with Crippen molar-refractivity contribution in [3.63, 3.8) is 0 Å². The molecular weight excluding hydrogens is 547 g/mol. The molecule has 8 heteroatoms. The Kier molecular flexibility index (Phi) is 5.73. The van der Waals surface area contributed by atoms with E-state index in [4.69, 9.17) is 32.7 Å². The van der Waals surface area contributed by atoms with Crippen molar-refractivity contribution in [1.82, 2.24) is 0 Å². The summed E-state index contributed by atoms with van der Waals surface area (Å²) in [5, 5.41) is 0.880. The van der Waals surface area contributed by atoms with Crippen LogP contribution in [0.15, 0.2) is 107 Å². The Bertz CT molecular complexity index is 1860. The van der Waals surface area contributed by atoms with Gasteiger partial charge >= 0.3 is 0 Å². The molecule has 0 atom stereocenters. The van der Waals surface area contributed by atoms with Gasteiger partial charge in [0, 0.05) is 22.3 Å². The van der Waals surface area contributed by atoms with Crippen LogP contribution in [0, 0.1) is 0 Å². The molecule has 192 valence electrons. The molecule has 2 aliphatic heterocycles. The minimum Gasteiger partial charge on any atom is -0.451 e. The van der Waals surface area contributed by atoms with E-state index in [1.165, 1.54) is 0 Å². The van der Waals surface area contributed by atoms with Crippen LogP contribution < -0.4 is 20.2 Å². The number of hydrogen-bond acceptors (Lipinski definition) is 6. The fourth-order valence-corrected chi connectivity index (χ4v) is 5.16. The second kappa shape index (κ2) is 9.45. The molecule has 0 N–H and O–H groups in total. The van der Waals surface area contributed by atoms with Gasteiger partial charge in [-0.05, 0) is 36.4 Å². The molecule has 0 bridgehead atoms. The van der Waals surface area contributed by atoms with Crippen LogP contribution in [0.1, 0.15) is 31.8 Å². The summed E-state index contributed by atoms with van der Waals surface area (Å²) in [4.78, 5) is 35.3. The third-order valence-electron chi connectivity index (χ3n) is 6.65. The molecule has 40 heavy (non-hydrogen) atoms. The van der Waals surface area contributed by atoms with E-state index < -0.39 is 0 Å². The summed E-state index contributed by atoms with van der Waals surface area (Å²) in [5.74, 6) is 1.02. The predicted octanol–water partition coefficient (Wildman–Crippen LogP) is 7.57. The molecule has 6 nitrogen and oxygen atoms in total. The van der Waals surface area contributed by atoms with Crippen molar-refractivity contribution in [3.8, 4) is 23.0 Å². The van der Waals surface area contributed by atoms with E-state index in [-0.39, 0.29) is 43.8 Å². The lowest BCUT2D eigenvalue weighted by atomic mass is 10.0. The third kappa shape index (κ3) is 3.97. The molecule has 0 saturated carbocycles. The zero-order valence-corrected chi connectivity index (χ0v) is 22.0. The lowest BCUT2D eigenvalue weighted by Crippen LogP contribution is -2.22. The second-order valence-electron chi connectivity index (χ2n) is 9.17. The van der Waals surface area contributed by atoms with Gasteiger partial charge in [0.25, 0.3) is 0 Å². The van der Waals surface area contributed by atoms with E-state index in [0.29, 0.717) is 45.1 Å². The number of carbonyl (C=O) groups excluding carboxylic acids is 2. The monoisotopic (exact) mass is 562 g/mol. The van der Waals surface area contributed by atoms with Crippen molar-refractivity contribution in [1.29, 1.82) is 0 Å². The lowest BCUT2D eigenvalue weighted by Gasteiger charge is -2.21. The molecule has 5 aromatic rings. The van der Waals surface area contributed by atoms with Gasteiger partial charge in [0.2, 0.25) is 0 Å². The number of carbonyl (C=O) groups is 2. The number of ketones is 2. The maximum atomic E-state index is 13.0. The molecule has 0 aliphatic carbocycles. The largest absolute Gasteiger partial charge is 0.451 e. The first kappa shape index (κ1) is 24.3. The van der Waals surface area contributed by atoms with Gasteiger partial charge in [-0.25, -0.2) is 9.98 Å². The van der Waals surface area contributed by atoms with E-state index in [9.17, 15) is 9.59 Å². The van der Waals surface area contributed by atoms with Crippen LogP contribution in [0.5, 0.6) is 23.0 Å². The van der Waals surface area contributed by atoms with E-state index in [1.807, 2.05) is 36.4 Å². The van der Waals surface area contributed by atoms with Crippen LogP contribution in [0.25, 0.3) is 0 Å². The highest BCUT2D eigenvalue weighted by Gasteiger charge is 2.28. The highest BCUT2D eigenvalue weighted by atomic mass is 35.5. The lowest BCUT2D eigenvalue weighted by molar-refractivity contribution is 0.103. The van der Waals surface area contributed by atoms with Crippen LogP contribution in [-0.4, -0.2) is 11.6 Å². The van der Waals surface area contributed by atoms with E-state index >= 15 is 0 Å². The molecule has 0 spiro atoms. The quantitative estimate of drug-likeness (QED) is 0.207. The Morgan fingerprint density at radius 3 is 1.32 bits per heavy atom. The van der Waals surface area contributed by atoms with Gasteiger partial charge in [-0.3, -0.25) is 9.59 Å². The van der Waals surface area contributed by atoms with Gasteiger partial charge in [0.1, 0.15) is 32.1 Å². The number of fused-ring (bicyclic) bond motifs is 4. The topological polar surface area (TPSA) is 77.3 Å². The van der Waals surface area contributed by atoms with Gasteiger partial charge < -0.3 is 9.47 Å². The molecule has 0 unspecified atom stereocenters. The Morgan fingerprint density at radius 2 is 0.925 bits per heavy atom. The molecule has 5 aromatic carbocycles. The molecule has 0 aromatic heterocycles. The van der Waals surface area contributed by atoms with Crippen molar-refractivity contribution in [3.05, 3.63) is 140 Å². The van der Waals surface area contributed by atoms with Crippen LogP contribution in [0.4, 0.5) is 11.4 Å². The summed E-state index contributed by atoms with van der Waals surface area (Å²) in [6.45, 7) is 0. The first-order valence-electron chi connectivity index (χ1n) is 12.3. The number of hydrogen-bond donors (Lipinski definition) is 0. The van der Waals surface area contributed by atoms with Crippen LogP contribution in [-0.2, 0) is 0 Å². The Balaban J connectivity index is 1.32. The van der Waals surface area contributed by atoms with Gasteiger partial charge in [-0.2, -0.15) is 0 Å². The molecule has 0 amide bonds. The minimum absolute atomic E-state index is 0.136. The van der Waals surface area contributed by atoms with Gasteiger partial charge in [0.05, 0.1) is 0 Å². The van der Waals surface area contributed by atoms with E-state index in [1.54, 1.807) is 60.7 Å². The minimum atomic E-state index is -0.136. The molecule has 2 heterocycles. The summed E-state index contributed by atoms with van der Waals surface area (Å²) < 4.78 is 12.2. The number of benzene rings is 5. The SMILES string of the molecule is O=C(c1ccccc1)c1ccc2c(c1)N=c1c(Cl)c3c(c(Cl)c1O2)=Nc1cc(C(=O)c2ccccc2)ccc1O3. The number of rotatable bonds is 4. The number of nitrogens with zero attached hydrogens (tertiary/aromatic N) is 2. The Labute approximate surface area is 237 Å². The smallest absolute Gasteiger partial charge is 0.193 e. The summed E-state index contributed by atoms with van der Waals surface area (Å²) in [7, 11) is 0. The highest BCUT2D eigenvalue weighted by Crippen LogP contribution is 2.43. The van der Waals surface area contributed by atoms with Gasteiger partial charge in [-0.1, -0.05) is 83.9 Å². The average molecular weight is 563 g/mol. The van der Waals surface area contributed by atoms with Crippen LogP contribution in [0.3, 0.4) is 0 Å². The van der Waals surface area contributed by atoms with Gasteiger partial charge in [-0.15, -0.1) is 0 Å². The summed E-state index contributed by atoms with van der Waals surface area (Å²) in [6.07, 6.45) is 0. The average Bonchev–Trinajstić information content (AvgIpc) is 3.01.